The van der Waals surface area contributed by atoms with Crippen LogP contribution in [0.4, 0.5) is 0 Å². The Morgan fingerprint density at radius 2 is 2.23 bits per heavy atom. The topological polar surface area (TPSA) is 46.5 Å². The van der Waals surface area contributed by atoms with Gasteiger partial charge in [-0.15, -0.1) is 0 Å². The first kappa shape index (κ1) is 12.2. The summed E-state index contributed by atoms with van der Waals surface area (Å²) in [5.41, 5.74) is 0.574. The molecular weight excluding hydrogens is 168 g/mol. The van der Waals surface area contributed by atoms with Crippen LogP contribution in [0.3, 0.4) is 0 Å². The molecule has 0 fully saturated rings. The lowest BCUT2D eigenvalue weighted by Crippen LogP contribution is -2.07. The lowest BCUT2D eigenvalue weighted by atomic mass is 10.2. The molecule has 0 aliphatic carbocycles. The van der Waals surface area contributed by atoms with E-state index in [1.54, 1.807) is 13.0 Å². The van der Waals surface area contributed by atoms with Crippen LogP contribution in [0.15, 0.2) is 11.6 Å². The van der Waals surface area contributed by atoms with E-state index in [0.717, 1.165) is 12.8 Å². The van der Waals surface area contributed by atoms with Crippen molar-refractivity contribution in [3.05, 3.63) is 11.6 Å². The number of aliphatic hydroxyl groups is 1. The third kappa shape index (κ3) is 6.34. The van der Waals surface area contributed by atoms with Crippen LogP contribution in [0.25, 0.3) is 0 Å². The summed E-state index contributed by atoms with van der Waals surface area (Å²) in [4.78, 5) is 11.2. The van der Waals surface area contributed by atoms with Crippen LogP contribution in [0.5, 0.6) is 0 Å². The molecule has 0 bridgehead atoms. The number of hydrogen-bond acceptors (Lipinski definition) is 3. The molecular formula is C10H18O3. The van der Waals surface area contributed by atoms with E-state index in [-0.39, 0.29) is 12.6 Å². The Kier molecular flexibility index (Phi) is 7.30. The van der Waals surface area contributed by atoms with E-state index in [2.05, 4.69) is 0 Å². The van der Waals surface area contributed by atoms with Crippen LogP contribution in [-0.4, -0.2) is 24.3 Å². The Hall–Kier alpha value is -0.830. The second-order valence-corrected chi connectivity index (χ2v) is 2.89. The lowest BCUT2D eigenvalue weighted by molar-refractivity contribution is -0.139. The van der Waals surface area contributed by atoms with Crippen LogP contribution in [0.1, 0.15) is 33.1 Å². The lowest BCUT2D eigenvalue weighted by Gasteiger charge is -2.03. The monoisotopic (exact) mass is 186 g/mol. The quantitative estimate of drug-likeness (QED) is 0.390. The van der Waals surface area contributed by atoms with Crippen LogP contribution < -0.4 is 0 Å². The van der Waals surface area contributed by atoms with Gasteiger partial charge in [0.2, 0.25) is 0 Å². The molecule has 0 saturated carbocycles. The van der Waals surface area contributed by atoms with Gasteiger partial charge in [0.05, 0.1) is 6.61 Å². The van der Waals surface area contributed by atoms with Crippen molar-refractivity contribution in [2.75, 3.05) is 13.2 Å². The number of ether oxygens (including phenoxy) is 1. The van der Waals surface area contributed by atoms with Gasteiger partial charge in [0.15, 0.2) is 0 Å². The van der Waals surface area contributed by atoms with E-state index < -0.39 is 0 Å². The van der Waals surface area contributed by atoms with Gasteiger partial charge in [-0.25, -0.2) is 4.79 Å². The number of carbonyl (C=O) groups excluding carboxylic acids is 1. The summed E-state index contributed by atoms with van der Waals surface area (Å²) in [6.45, 7) is 4.30. The Balaban J connectivity index is 3.69. The van der Waals surface area contributed by atoms with E-state index in [9.17, 15) is 4.79 Å². The van der Waals surface area contributed by atoms with E-state index in [1.165, 1.54) is 0 Å². The summed E-state index contributed by atoms with van der Waals surface area (Å²) in [6, 6.07) is 0. The number of unbranched alkanes of at least 4 members (excludes halogenated alkanes) is 1. The van der Waals surface area contributed by atoms with Gasteiger partial charge >= 0.3 is 5.97 Å². The minimum atomic E-state index is -0.276. The molecule has 0 aliphatic rings. The summed E-state index contributed by atoms with van der Waals surface area (Å²) < 4.78 is 4.95. The van der Waals surface area contributed by atoms with Gasteiger partial charge in [-0.3, -0.25) is 0 Å². The van der Waals surface area contributed by atoms with Gasteiger partial charge in [-0.1, -0.05) is 19.4 Å². The molecule has 0 spiro atoms. The zero-order chi connectivity index (χ0) is 10.1. The maximum absolute atomic E-state index is 11.2. The van der Waals surface area contributed by atoms with Crippen LogP contribution in [0, 0.1) is 0 Å². The fourth-order valence-electron chi connectivity index (χ4n) is 0.787. The predicted octanol–water partition coefficient (Wildman–Crippen LogP) is 1.66. The minimum absolute atomic E-state index is 0.0690. The Bertz CT molecular complexity index is 173. The molecule has 0 radical (unpaired) electrons. The molecule has 0 aromatic rings. The standard InChI is InChI=1S/C10H18O3/c1-3-4-8-13-10(12)9(2)6-5-7-11/h6,11H,3-5,7-8H2,1-2H3/b9-6+. The highest BCUT2D eigenvalue weighted by Crippen LogP contribution is 1.99. The molecule has 0 aromatic heterocycles. The number of aliphatic hydroxyl groups excluding tert-OH is 1. The molecule has 3 heteroatoms. The van der Waals surface area contributed by atoms with E-state index in [0.29, 0.717) is 18.6 Å². The molecule has 76 valence electrons. The molecule has 1 N–H and O–H groups in total. The van der Waals surface area contributed by atoms with Gasteiger partial charge < -0.3 is 9.84 Å². The number of esters is 1. The molecule has 3 nitrogen and oxygen atoms in total. The summed E-state index contributed by atoms with van der Waals surface area (Å²) in [7, 11) is 0. The highest BCUT2D eigenvalue weighted by Gasteiger charge is 2.03. The molecule has 0 unspecified atom stereocenters. The summed E-state index contributed by atoms with van der Waals surface area (Å²) in [5, 5.41) is 8.51. The summed E-state index contributed by atoms with van der Waals surface area (Å²) in [6.07, 6.45) is 4.12. The van der Waals surface area contributed by atoms with Crippen molar-refractivity contribution in [2.24, 2.45) is 0 Å². The maximum atomic E-state index is 11.2. The molecule has 0 aliphatic heterocycles. The third-order valence-electron chi connectivity index (χ3n) is 1.63. The van der Waals surface area contributed by atoms with E-state index >= 15 is 0 Å². The zero-order valence-corrected chi connectivity index (χ0v) is 8.38. The van der Waals surface area contributed by atoms with Gasteiger partial charge in [0, 0.05) is 12.2 Å². The Morgan fingerprint density at radius 3 is 2.77 bits per heavy atom. The fraction of sp³-hybridized carbons (Fsp3) is 0.700. The maximum Gasteiger partial charge on any atom is 0.333 e. The van der Waals surface area contributed by atoms with Gasteiger partial charge in [-0.2, -0.15) is 0 Å². The number of hydrogen-bond donors (Lipinski definition) is 1. The van der Waals surface area contributed by atoms with Crippen molar-refractivity contribution in [3.63, 3.8) is 0 Å². The average Bonchev–Trinajstić information content (AvgIpc) is 2.14. The number of rotatable bonds is 6. The molecule has 0 rings (SSSR count). The second-order valence-electron chi connectivity index (χ2n) is 2.89. The molecule has 0 amide bonds. The molecule has 0 atom stereocenters. The highest BCUT2D eigenvalue weighted by atomic mass is 16.5. The second kappa shape index (κ2) is 7.80. The SMILES string of the molecule is CCCCOC(=O)/C(C)=C/CCO. The van der Waals surface area contributed by atoms with Crippen LogP contribution in [0.2, 0.25) is 0 Å². The van der Waals surface area contributed by atoms with E-state index in [4.69, 9.17) is 9.84 Å². The highest BCUT2D eigenvalue weighted by molar-refractivity contribution is 5.87. The van der Waals surface area contributed by atoms with Crippen LogP contribution in [-0.2, 0) is 9.53 Å². The molecule has 0 aromatic carbocycles. The predicted molar refractivity (Wildman–Crippen MR) is 51.3 cm³/mol. The third-order valence-corrected chi connectivity index (χ3v) is 1.63. The van der Waals surface area contributed by atoms with E-state index in [1.807, 2.05) is 6.92 Å². The first-order chi connectivity index (χ1) is 6.22. The Morgan fingerprint density at radius 1 is 1.54 bits per heavy atom. The number of carbonyl (C=O) groups is 1. The van der Waals surface area contributed by atoms with Gasteiger partial charge in [0.25, 0.3) is 0 Å². The van der Waals surface area contributed by atoms with Crippen molar-refractivity contribution >= 4 is 5.97 Å². The average molecular weight is 186 g/mol. The largest absolute Gasteiger partial charge is 0.462 e. The fourth-order valence-corrected chi connectivity index (χ4v) is 0.787. The molecule has 0 saturated heterocycles. The minimum Gasteiger partial charge on any atom is -0.462 e. The van der Waals surface area contributed by atoms with Gasteiger partial charge in [0.1, 0.15) is 0 Å². The van der Waals surface area contributed by atoms with Crippen molar-refractivity contribution in [1.29, 1.82) is 0 Å². The van der Waals surface area contributed by atoms with Crippen LogP contribution >= 0.6 is 0 Å². The molecule has 0 heterocycles. The van der Waals surface area contributed by atoms with Gasteiger partial charge in [-0.05, 0) is 19.8 Å². The zero-order valence-electron chi connectivity index (χ0n) is 8.38. The molecule has 13 heavy (non-hydrogen) atoms. The first-order valence-electron chi connectivity index (χ1n) is 4.67. The smallest absolute Gasteiger partial charge is 0.333 e. The Labute approximate surface area is 79.4 Å². The first-order valence-corrected chi connectivity index (χ1v) is 4.67. The van der Waals surface area contributed by atoms with Crippen molar-refractivity contribution in [3.8, 4) is 0 Å². The summed E-state index contributed by atoms with van der Waals surface area (Å²) in [5.74, 6) is -0.276. The normalized spacial score (nSPS) is 11.5. The van der Waals surface area contributed by atoms with Crippen molar-refractivity contribution in [1.82, 2.24) is 0 Å². The summed E-state index contributed by atoms with van der Waals surface area (Å²) >= 11 is 0. The van der Waals surface area contributed by atoms with Crippen molar-refractivity contribution < 1.29 is 14.6 Å². The van der Waals surface area contributed by atoms with Crippen molar-refractivity contribution in [2.45, 2.75) is 33.1 Å².